The second-order valence-corrected chi connectivity index (χ2v) is 4.95. The Balaban J connectivity index is 2.08. The van der Waals surface area contributed by atoms with Crippen LogP contribution >= 0.6 is 11.6 Å². The first kappa shape index (κ1) is 12.8. The molecule has 0 radical (unpaired) electrons. The zero-order valence-electron chi connectivity index (χ0n) is 11.0. The molecule has 20 heavy (non-hydrogen) atoms. The number of hydrogen-bond acceptors (Lipinski definition) is 3. The number of nitrogen functional groups attached to an aromatic ring is 1. The van der Waals surface area contributed by atoms with Gasteiger partial charge >= 0.3 is 0 Å². The first-order valence-electron chi connectivity index (χ1n) is 6.22. The summed E-state index contributed by atoms with van der Waals surface area (Å²) >= 11 is 6.05. The number of hydrogen-bond donors (Lipinski definition) is 1. The zero-order valence-corrected chi connectivity index (χ0v) is 11.8. The van der Waals surface area contributed by atoms with Crippen LogP contribution in [-0.2, 0) is 6.54 Å². The van der Waals surface area contributed by atoms with Gasteiger partial charge in [-0.3, -0.25) is 4.68 Å². The molecular weight excluding hydrogens is 274 g/mol. The first-order valence-corrected chi connectivity index (χ1v) is 6.60. The third-order valence-corrected chi connectivity index (χ3v) is 3.48. The molecule has 0 saturated heterocycles. The minimum absolute atomic E-state index is 0.529. The van der Waals surface area contributed by atoms with E-state index in [1.165, 1.54) is 0 Å². The first-order chi connectivity index (χ1) is 9.69. The zero-order chi connectivity index (χ0) is 14.1. The number of ether oxygens (including phenoxy) is 1. The maximum absolute atomic E-state index is 6.05. The van der Waals surface area contributed by atoms with E-state index in [2.05, 4.69) is 5.10 Å². The van der Waals surface area contributed by atoms with E-state index in [4.69, 9.17) is 22.1 Å². The fraction of sp³-hybridized carbons (Fsp3) is 0.133. The van der Waals surface area contributed by atoms with E-state index in [0.29, 0.717) is 17.4 Å². The maximum atomic E-state index is 6.05. The largest absolute Gasteiger partial charge is 0.496 e. The number of rotatable bonds is 3. The van der Waals surface area contributed by atoms with Crippen molar-refractivity contribution in [3.05, 3.63) is 53.1 Å². The molecule has 5 heteroatoms. The Bertz CT molecular complexity index is 767. The van der Waals surface area contributed by atoms with Gasteiger partial charge in [0.05, 0.1) is 19.2 Å². The molecule has 0 bridgehead atoms. The normalized spacial score (nSPS) is 10.9. The second kappa shape index (κ2) is 5.06. The molecule has 0 fully saturated rings. The van der Waals surface area contributed by atoms with Gasteiger partial charge in [-0.1, -0.05) is 23.7 Å². The van der Waals surface area contributed by atoms with Gasteiger partial charge < -0.3 is 10.5 Å². The number of nitrogens with two attached hydrogens (primary N) is 1. The van der Waals surface area contributed by atoms with Crippen molar-refractivity contribution >= 4 is 28.3 Å². The van der Waals surface area contributed by atoms with Crippen molar-refractivity contribution in [1.29, 1.82) is 0 Å². The molecule has 2 aromatic carbocycles. The van der Waals surface area contributed by atoms with Crippen LogP contribution in [0.2, 0.25) is 5.02 Å². The predicted molar refractivity (Wildman–Crippen MR) is 81.3 cm³/mol. The average molecular weight is 288 g/mol. The molecule has 0 aliphatic carbocycles. The topological polar surface area (TPSA) is 53.1 Å². The molecule has 0 aliphatic heterocycles. The summed E-state index contributed by atoms with van der Waals surface area (Å²) in [4.78, 5) is 0. The van der Waals surface area contributed by atoms with Gasteiger partial charge in [-0.25, -0.2) is 0 Å². The van der Waals surface area contributed by atoms with Gasteiger partial charge in [0.1, 0.15) is 5.75 Å². The van der Waals surface area contributed by atoms with Crippen molar-refractivity contribution in [3.63, 3.8) is 0 Å². The molecule has 3 aromatic rings. The molecule has 4 nitrogen and oxygen atoms in total. The molecule has 0 spiro atoms. The average Bonchev–Trinajstić information content (AvgIpc) is 2.76. The Morgan fingerprint density at radius 1 is 1.25 bits per heavy atom. The molecule has 0 amide bonds. The van der Waals surface area contributed by atoms with Crippen LogP contribution in [0.25, 0.3) is 10.9 Å². The van der Waals surface area contributed by atoms with Crippen LogP contribution in [-0.4, -0.2) is 16.9 Å². The quantitative estimate of drug-likeness (QED) is 0.804. The molecule has 0 unspecified atom stereocenters. The van der Waals surface area contributed by atoms with E-state index in [1.54, 1.807) is 13.2 Å². The Morgan fingerprint density at radius 3 is 2.85 bits per heavy atom. The minimum atomic E-state index is 0.529. The summed E-state index contributed by atoms with van der Waals surface area (Å²) < 4.78 is 7.22. The lowest BCUT2D eigenvalue weighted by molar-refractivity contribution is 0.408. The number of halogens is 1. The van der Waals surface area contributed by atoms with Gasteiger partial charge in [0.2, 0.25) is 0 Å². The third-order valence-electron chi connectivity index (χ3n) is 3.25. The summed E-state index contributed by atoms with van der Waals surface area (Å²) in [6.45, 7) is 0.557. The lowest BCUT2D eigenvalue weighted by atomic mass is 10.2. The number of methoxy groups -OCH3 is 1. The van der Waals surface area contributed by atoms with Crippen LogP contribution in [0.5, 0.6) is 5.75 Å². The smallest absolute Gasteiger partial charge is 0.153 e. The van der Waals surface area contributed by atoms with E-state index in [-0.39, 0.29) is 0 Å². The number of fused-ring (bicyclic) bond motifs is 1. The van der Waals surface area contributed by atoms with Gasteiger partial charge in [0, 0.05) is 16.0 Å². The highest BCUT2D eigenvalue weighted by atomic mass is 35.5. The van der Waals surface area contributed by atoms with E-state index >= 15 is 0 Å². The summed E-state index contributed by atoms with van der Waals surface area (Å²) in [5, 5.41) is 6.01. The van der Waals surface area contributed by atoms with Crippen molar-refractivity contribution in [2.45, 2.75) is 6.54 Å². The monoisotopic (exact) mass is 287 g/mol. The van der Waals surface area contributed by atoms with Crippen molar-refractivity contribution in [2.75, 3.05) is 12.8 Å². The van der Waals surface area contributed by atoms with Crippen LogP contribution in [0.4, 0.5) is 5.82 Å². The summed E-state index contributed by atoms with van der Waals surface area (Å²) in [5.41, 5.74) is 7.90. The second-order valence-electron chi connectivity index (χ2n) is 4.52. The maximum Gasteiger partial charge on any atom is 0.153 e. The molecule has 2 N–H and O–H groups in total. The molecule has 0 atom stereocenters. The summed E-state index contributed by atoms with van der Waals surface area (Å²) in [6, 6.07) is 13.4. The third kappa shape index (κ3) is 2.18. The lowest BCUT2D eigenvalue weighted by Gasteiger charge is -2.09. The van der Waals surface area contributed by atoms with Crippen LogP contribution in [0.3, 0.4) is 0 Å². The number of para-hydroxylation sites is 1. The number of benzene rings is 2. The van der Waals surface area contributed by atoms with Gasteiger partial charge in [-0.15, -0.1) is 0 Å². The van der Waals surface area contributed by atoms with Crippen LogP contribution < -0.4 is 10.5 Å². The van der Waals surface area contributed by atoms with Crippen LogP contribution in [0.1, 0.15) is 5.56 Å². The molecular formula is C15H14ClN3O. The highest BCUT2D eigenvalue weighted by molar-refractivity contribution is 6.30. The summed E-state index contributed by atoms with van der Waals surface area (Å²) in [6.07, 6.45) is 0. The predicted octanol–water partition coefficient (Wildman–Crippen LogP) is 3.33. The molecule has 0 saturated carbocycles. The number of anilines is 1. The summed E-state index contributed by atoms with van der Waals surface area (Å²) in [5.74, 6) is 1.31. The van der Waals surface area contributed by atoms with E-state index in [1.807, 2.05) is 41.1 Å². The van der Waals surface area contributed by atoms with Crippen molar-refractivity contribution in [2.24, 2.45) is 0 Å². The molecule has 102 valence electrons. The van der Waals surface area contributed by atoms with Crippen molar-refractivity contribution in [1.82, 2.24) is 9.78 Å². The fourth-order valence-electron chi connectivity index (χ4n) is 2.31. The van der Waals surface area contributed by atoms with Gasteiger partial charge in [0.25, 0.3) is 0 Å². The van der Waals surface area contributed by atoms with E-state index < -0.39 is 0 Å². The van der Waals surface area contributed by atoms with Crippen LogP contribution in [0.15, 0.2) is 42.5 Å². The van der Waals surface area contributed by atoms with Gasteiger partial charge in [-0.05, 0) is 30.3 Å². The Kier molecular flexibility index (Phi) is 3.24. The molecule has 1 aromatic heterocycles. The molecule has 1 heterocycles. The Morgan fingerprint density at radius 2 is 2.05 bits per heavy atom. The summed E-state index contributed by atoms with van der Waals surface area (Å²) in [7, 11) is 1.64. The van der Waals surface area contributed by atoms with E-state index in [0.717, 1.165) is 22.2 Å². The lowest BCUT2D eigenvalue weighted by Crippen LogP contribution is -2.04. The highest BCUT2D eigenvalue weighted by Crippen LogP contribution is 2.26. The number of nitrogens with zero attached hydrogens (tertiary/aromatic N) is 2. The van der Waals surface area contributed by atoms with Gasteiger partial charge in [-0.2, -0.15) is 5.10 Å². The Hall–Kier alpha value is -2.20. The SMILES string of the molecule is COc1ccc(Cl)cc1Cn1nc(N)c2ccccc21. The van der Waals surface area contributed by atoms with Gasteiger partial charge in [0.15, 0.2) is 5.82 Å². The highest BCUT2D eigenvalue weighted by Gasteiger charge is 2.10. The molecule has 3 rings (SSSR count). The van der Waals surface area contributed by atoms with Crippen molar-refractivity contribution in [3.8, 4) is 5.75 Å². The standard InChI is InChI=1S/C15H14ClN3O/c1-20-14-7-6-11(16)8-10(14)9-19-13-5-3-2-4-12(13)15(17)18-19/h2-8H,9H2,1H3,(H2,17,18). The van der Waals surface area contributed by atoms with Crippen molar-refractivity contribution < 1.29 is 4.74 Å². The fourth-order valence-corrected chi connectivity index (χ4v) is 2.50. The number of aromatic nitrogens is 2. The molecule has 0 aliphatic rings. The van der Waals surface area contributed by atoms with Crippen LogP contribution in [0, 0.1) is 0 Å². The Labute approximate surface area is 121 Å². The minimum Gasteiger partial charge on any atom is -0.496 e. The van der Waals surface area contributed by atoms with E-state index in [9.17, 15) is 0 Å².